The second-order valence-corrected chi connectivity index (χ2v) is 12.5. The van der Waals surface area contributed by atoms with Crippen LogP contribution in [0.1, 0.15) is 73.4 Å². The number of esters is 1. The molecule has 0 aromatic heterocycles. The molecule has 3 aromatic rings. The van der Waals surface area contributed by atoms with Crippen molar-refractivity contribution in [3.8, 4) is 5.75 Å². The van der Waals surface area contributed by atoms with Crippen molar-refractivity contribution in [2.24, 2.45) is 0 Å². The van der Waals surface area contributed by atoms with E-state index < -0.39 is 47.3 Å². The molecule has 244 valence electrons. The molecule has 0 bridgehead atoms. The molecule has 46 heavy (non-hydrogen) atoms. The molecule has 12 heteroatoms. The Kier molecular flexibility index (Phi) is 11.1. The van der Waals surface area contributed by atoms with E-state index in [1.165, 1.54) is 36.4 Å². The molecule has 1 atom stereocenters. The number of carbonyl (C=O) groups is 5. The fourth-order valence-corrected chi connectivity index (χ4v) is 4.03. The molecule has 0 saturated heterocycles. The summed E-state index contributed by atoms with van der Waals surface area (Å²) in [6, 6.07) is 15.6. The Labute approximate surface area is 267 Å². The first-order valence-corrected chi connectivity index (χ1v) is 14.4. The van der Waals surface area contributed by atoms with E-state index in [2.05, 4.69) is 16.0 Å². The second-order valence-electron chi connectivity index (χ2n) is 12.5. The summed E-state index contributed by atoms with van der Waals surface area (Å²) >= 11 is 0. The van der Waals surface area contributed by atoms with Crippen LogP contribution in [0.5, 0.6) is 5.75 Å². The van der Waals surface area contributed by atoms with Gasteiger partial charge in [-0.25, -0.2) is 19.2 Å². The highest BCUT2D eigenvalue weighted by Gasteiger charge is 2.23. The van der Waals surface area contributed by atoms with Crippen LogP contribution in [0, 0.1) is 6.92 Å². The summed E-state index contributed by atoms with van der Waals surface area (Å²) in [6.07, 6.45) is -1.29. The molecule has 0 aliphatic carbocycles. The Morgan fingerprint density at radius 3 is 1.63 bits per heavy atom. The summed E-state index contributed by atoms with van der Waals surface area (Å²) in [5.41, 5.74) is 1.16. The lowest BCUT2D eigenvalue weighted by atomic mass is 10.0. The highest BCUT2D eigenvalue weighted by Crippen LogP contribution is 2.22. The molecule has 0 spiro atoms. The molecule has 0 radical (unpaired) electrons. The van der Waals surface area contributed by atoms with E-state index in [0.717, 1.165) is 0 Å². The van der Waals surface area contributed by atoms with E-state index >= 15 is 0 Å². The first kappa shape index (κ1) is 35.1. The third-order valence-corrected chi connectivity index (χ3v) is 6.04. The van der Waals surface area contributed by atoms with Gasteiger partial charge in [-0.3, -0.25) is 15.4 Å². The largest absolute Gasteiger partial charge is 0.480 e. The quantitative estimate of drug-likeness (QED) is 0.155. The van der Waals surface area contributed by atoms with Crippen molar-refractivity contribution in [3.63, 3.8) is 0 Å². The SMILES string of the molecule is Cc1cc(CC(NC(=O)c2ccc(NC(=O)OC(C)(C)C)cc2)C(=O)O)ccc1OC(=O)c1ccc(NC(=O)OC(C)(C)C)cc1. The van der Waals surface area contributed by atoms with Crippen molar-refractivity contribution in [2.75, 3.05) is 10.6 Å². The zero-order valence-electron chi connectivity index (χ0n) is 26.8. The molecule has 0 heterocycles. The van der Waals surface area contributed by atoms with E-state index in [4.69, 9.17) is 14.2 Å². The van der Waals surface area contributed by atoms with E-state index in [9.17, 15) is 29.1 Å². The average Bonchev–Trinajstić information content (AvgIpc) is 2.92. The smallest absolute Gasteiger partial charge is 0.412 e. The lowest BCUT2D eigenvalue weighted by Gasteiger charge is -2.19. The zero-order valence-corrected chi connectivity index (χ0v) is 26.8. The molecule has 12 nitrogen and oxygen atoms in total. The third kappa shape index (κ3) is 11.3. The minimum absolute atomic E-state index is 0.0272. The number of carbonyl (C=O) groups excluding carboxylic acids is 4. The number of anilines is 2. The number of aryl methyl sites for hydroxylation is 1. The van der Waals surface area contributed by atoms with Crippen molar-refractivity contribution in [3.05, 3.63) is 89.0 Å². The van der Waals surface area contributed by atoms with Gasteiger partial charge in [0.1, 0.15) is 23.0 Å². The van der Waals surface area contributed by atoms with Crippen molar-refractivity contribution in [1.82, 2.24) is 5.32 Å². The molecule has 4 N–H and O–H groups in total. The molecule has 0 fully saturated rings. The van der Waals surface area contributed by atoms with Gasteiger partial charge in [0.15, 0.2) is 0 Å². The Morgan fingerprint density at radius 1 is 0.717 bits per heavy atom. The maximum atomic E-state index is 12.8. The van der Waals surface area contributed by atoms with E-state index in [1.807, 2.05) is 0 Å². The van der Waals surface area contributed by atoms with E-state index in [-0.39, 0.29) is 23.3 Å². The van der Waals surface area contributed by atoms with Gasteiger partial charge in [0.2, 0.25) is 0 Å². The van der Waals surface area contributed by atoms with Crippen LogP contribution in [0.3, 0.4) is 0 Å². The van der Waals surface area contributed by atoms with E-state index in [1.54, 1.807) is 78.8 Å². The van der Waals surface area contributed by atoms with E-state index in [0.29, 0.717) is 22.5 Å². The van der Waals surface area contributed by atoms with Crippen LogP contribution in [0.4, 0.5) is 21.0 Å². The number of nitrogens with one attached hydrogen (secondary N) is 3. The topological polar surface area (TPSA) is 169 Å². The first-order valence-electron chi connectivity index (χ1n) is 14.4. The first-order chi connectivity index (χ1) is 21.4. The average molecular weight is 634 g/mol. The van der Waals surface area contributed by atoms with Crippen LogP contribution in [0.15, 0.2) is 66.7 Å². The number of rotatable bonds is 9. The van der Waals surface area contributed by atoms with Gasteiger partial charge in [-0.2, -0.15) is 0 Å². The van der Waals surface area contributed by atoms with Crippen LogP contribution in [0.2, 0.25) is 0 Å². The normalized spacial score (nSPS) is 11.9. The van der Waals surface area contributed by atoms with Gasteiger partial charge in [0.25, 0.3) is 5.91 Å². The number of hydrogen-bond acceptors (Lipinski definition) is 8. The molecular weight excluding hydrogens is 594 g/mol. The Hall–Kier alpha value is -5.39. The standard InChI is InChI=1S/C34H39N3O9/c1-20-18-21(8-17-27(20)44-30(41)23-11-15-25(16-12-23)36-32(43)46-34(5,6)7)19-26(29(39)40)37-28(38)22-9-13-24(14-10-22)35-31(42)45-33(2,3)4/h8-18,26H,19H2,1-7H3,(H,35,42)(H,36,43)(H,37,38)(H,39,40). The van der Waals surface area contributed by atoms with Gasteiger partial charge < -0.3 is 24.6 Å². The Bertz CT molecular complexity index is 1590. The minimum atomic E-state index is -1.24. The number of benzene rings is 3. The van der Waals surface area contributed by atoms with Crippen molar-refractivity contribution >= 4 is 41.4 Å². The molecule has 3 rings (SSSR count). The molecular formula is C34H39N3O9. The van der Waals surface area contributed by atoms with Gasteiger partial charge in [0, 0.05) is 23.4 Å². The number of carboxylic acids is 1. The van der Waals surface area contributed by atoms with Gasteiger partial charge in [0.05, 0.1) is 5.56 Å². The molecule has 0 aliphatic heterocycles. The predicted octanol–water partition coefficient (Wildman–Crippen LogP) is 6.33. The molecule has 1 unspecified atom stereocenters. The van der Waals surface area contributed by atoms with Crippen molar-refractivity contribution < 1.29 is 43.3 Å². The molecule has 3 aromatic carbocycles. The van der Waals surface area contributed by atoms with Gasteiger partial charge in [-0.1, -0.05) is 12.1 Å². The van der Waals surface area contributed by atoms with Crippen LogP contribution >= 0.6 is 0 Å². The molecule has 3 amide bonds. The highest BCUT2D eigenvalue weighted by atomic mass is 16.6. The molecule has 0 aliphatic rings. The number of amides is 3. The zero-order chi connectivity index (χ0) is 34.2. The Morgan fingerprint density at radius 2 is 1.20 bits per heavy atom. The van der Waals surface area contributed by atoms with Crippen LogP contribution in [-0.2, 0) is 20.7 Å². The third-order valence-electron chi connectivity index (χ3n) is 6.04. The number of hydrogen-bond donors (Lipinski definition) is 4. The Balaban J connectivity index is 1.59. The maximum Gasteiger partial charge on any atom is 0.412 e. The number of aliphatic carboxylic acids is 1. The summed E-state index contributed by atoms with van der Waals surface area (Å²) in [7, 11) is 0. The number of carboxylic acid groups (broad SMARTS) is 1. The summed E-state index contributed by atoms with van der Waals surface area (Å²) < 4.78 is 15.9. The van der Waals surface area contributed by atoms with Gasteiger partial charge >= 0.3 is 24.1 Å². The van der Waals surface area contributed by atoms with Gasteiger partial charge in [-0.15, -0.1) is 0 Å². The monoisotopic (exact) mass is 633 g/mol. The lowest BCUT2D eigenvalue weighted by molar-refractivity contribution is -0.139. The minimum Gasteiger partial charge on any atom is -0.480 e. The van der Waals surface area contributed by atoms with Gasteiger partial charge in [-0.05, 0) is 114 Å². The molecule has 0 saturated carbocycles. The summed E-state index contributed by atoms with van der Waals surface area (Å²) in [5, 5.41) is 17.4. The predicted molar refractivity (Wildman–Crippen MR) is 171 cm³/mol. The number of ether oxygens (including phenoxy) is 3. The maximum absolute atomic E-state index is 12.8. The second kappa shape index (κ2) is 14.6. The summed E-state index contributed by atoms with van der Waals surface area (Å²) in [5.74, 6) is -2.18. The summed E-state index contributed by atoms with van der Waals surface area (Å²) in [6.45, 7) is 12.2. The summed E-state index contributed by atoms with van der Waals surface area (Å²) in [4.78, 5) is 61.4. The van der Waals surface area contributed by atoms with Crippen molar-refractivity contribution in [1.29, 1.82) is 0 Å². The lowest BCUT2D eigenvalue weighted by Crippen LogP contribution is -2.42. The fraction of sp³-hybridized carbons (Fsp3) is 0.324. The fourth-order valence-electron chi connectivity index (χ4n) is 4.03. The van der Waals surface area contributed by atoms with Crippen LogP contribution in [-0.4, -0.2) is 52.4 Å². The van der Waals surface area contributed by atoms with Crippen LogP contribution < -0.4 is 20.7 Å². The van der Waals surface area contributed by atoms with Crippen molar-refractivity contribution in [2.45, 2.75) is 72.1 Å². The van der Waals surface area contributed by atoms with Crippen LogP contribution in [0.25, 0.3) is 0 Å². The highest BCUT2D eigenvalue weighted by molar-refractivity contribution is 5.97.